The summed E-state index contributed by atoms with van der Waals surface area (Å²) in [5.74, 6) is 0.800. The second kappa shape index (κ2) is 7.67. The lowest BCUT2D eigenvalue weighted by atomic mass is 9.98. The molecule has 0 aromatic heterocycles. The molecule has 0 aliphatic rings. The Morgan fingerprint density at radius 3 is 2.56 bits per heavy atom. The highest BCUT2D eigenvalue weighted by molar-refractivity contribution is 5.00. The SMILES string of the molecule is C=CC(C)(O)CC/C=C(\C)CCCC(C)C. The van der Waals surface area contributed by atoms with Gasteiger partial charge in [-0.2, -0.15) is 0 Å². The van der Waals surface area contributed by atoms with Gasteiger partial charge in [0.25, 0.3) is 0 Å². The Morgan fingerprint density at radius 1 is 1.44 bits per heavy atom. The van der Waals surface area contributed by atoms with Crippen molar-refractivity contribution in [1.29, 1.82) is 0 Å². The molecule has 0 spiro atoms. The molecule has 0 aromatic rings. The lowest BCUT2D eigenvalue weighted by Crippen LogP contribution is -2.19. The second-order valence-corrected chi connectivity index (χ2v) is 5.44. The molecular formula is C15H28O. The van der Waals surface area contributed by atoms with Crippen LogP contribution in [-0.4, -0.2) is 10.7 Å². The van der Waals surface area contributed by atoms with E-state index in [-0.39, 0.29) is 0 Å². The minimum atomic E-state index is -0.714. The zero-order chi connectivity index (χ0) is 12.6. The Morgan fingerprint density at radius 2 is 2.06 bits per heavy atom. The van der Waals surface area contributed by atoms with Crippen LogP contribution in [0.2, 0.25) is 0 Å². The predicted octanol–water partition coefficient (Wildman–Crippen LogP) is 4.48. The van der Waals surface area contributed by atoms with E-state index in [1.54, 1.807) is 6.08 Å². The highest BCUT2D eigenvalue weighted by Crippen LogP contribution is 2.16. The largest absolute Gasteiger partial charge is 0.386 e. The van der Waals surface area contributed by atoms with Gasteiger partial charge in [-0.1, -0.05) is 38.0 Å². The number of rotatable bonds is 8. The van der Waals surface area contributed by atoms with Crippen LogP contribution in [0.3, 0.4) is 0 Å². The number of hydrogen-bond acceptors (Lipinski definition) is 1. The Labute approximate surface area is 101 Å². The van der Waals surface area contributed by atoms with Gasteiger partial charge in [-0.25, -0.2) is 0 Å². The fraction of sp³-hybridized carbons (Fsp3) is 0.733. The summed E-state index contributed by atoms with van der Waals surface area (Å²) in [6.45, 7) is 12.1. The van der Waals surface area contributed by atoms with Crippen molar-refractivity contribution in [2.24, 2.45) is 5.92 Å². The topological polar surface area (TPSA) is 20.2 Å². The Balaban J connectivity index is 3.75. The predicted molar refractivity (Wildman–Crippen MR) is 72.5 cm³/mol. The van der Waals surface area contributed by atoms with E-state index >= 15 is 0 Å². The van der Waals surface area contributed by atoms with Gasteiger partial charge >= 0.3 is 0 Å². The molecule has 1 atom stereocenters. The maximum absolute atomic E-state index is 9.74. The minimum Gasteiger partial charge on any atom is -0.386 e. The number of hydrogen-bond donors (Lipinski definition) is 1. The first-order valence-corrected chi connectivity index (χ1v) is 6.39. The summed E-state index contributed by atoms with van der Waals surface area (Å²) in [4.78, 5) is 0. The summed E-state index contributed by atoms with van der Waals surface area (Å²) in [7, 11) is 0. The lowest BCUT2D eigenvalue weighted by molar-refractivity contribution is 0.103. The van der Waals surface area contributed by atoms with E-state index in [0.29, 0.717) is 0 Å². The van der Waals surface area contributed by atoms with Crippen molar-refractivity contribution < 1.29 is 5.11 Å². The van der Waals surface area contributed by atoms with Gasteiger partial charge in [0.05, 0.1) is 5.60 Å². The van der Waals surface area contributed by atoms with Crippen LogP contribution in [0.5, 0.6) is 0 Å². The summed E-state index contributed by atoms with van der Waals surface area (Å²) < 4.78 is 0. The fourth-order valence-electron chi connectivity index (χ4n) is 1.60. The summed E-state index contributed by atoms with van der Waals surface area (Å²) in [5, 5.41) is 9.74. The molecular weight excluding hydrogens is 196 g/mol. The van der Waals surface area contributed by atoms with Crippen molar-refractivity contribution in [3.05, 3.63) is 24.3 Å². The van der Waals surface area contributed by atoms with Crippen molar-refractivity contribution in [3.63, 3.8) is 0 Å². The Kier molecular flexibility index (Phi) is 7.40. The van der Waals surface area contributed by atoms with E-state index in [2.05, 4.69) is 33.4 Å². The molecule has 0 aliphatic carbocycles. The van der Waals surface area contributed by atoms with Crippen LogP contribution in [0.25, 0.3) is 0 Å². The molecule has 1 heteroatoms. The molecule has 0 bridgehead atoms. The highest BCUT2D eigenvalue weighted by atomic mass is 16.3. The molecule has 1 unspecified atom stereocenters. The van der Waals surface area contributed by atoms with Crippen LogP contribution < -0.4 is 0 Å². The monoisotopic (exact) mass is 224 g/mol. The van der Waals surface area contributed by atoms with Gasteiger partial charge in [-0.15, -0.1) is 6.58 Å². The molecule has 0 amide bonds. The zero-order valence-electron chi connectivity index (χ0n) is 11.4. The molecule has 0 aromatic carbocycles. The van der Waals surface area contributed by atoms with E-state index in [1.807, 2.05) is 6.92 Å². The molecule has 94 valence electrons. The summed E-state index contributed by atoms with van der Waals surface area (Å²) in [6.07, 6.45) is 9.33. The van der Waals surface area contributed by atoms with Crippen LogP contribution in [0, 0.1) is 5.92 Å². The van der Waals surface area contributed by atoms with Crippen molar-refractivity contribution >= 4 is 0 Å². The average Bonchev–Trinajstić information content (AvgIpc) is 2.17. The van der Waals surface area contributed by atoms with Gasteiger partial charge in [-0.05, 0) is 45.4 Å². The van der Waals surface area contributed by atoms with Gasteiger partial charge in [-0.3, -0.25) is 0 Å². The summed E-state index contributed by atoms with van der Waals surface area (Å²) >= 11 is 0. The highest BCUT2D eigenvalue weighted by Gasteiger charge is 2.13. The molecule has 0 radical (unpaired) electrons. The van der Waals surface area contributed by atoms with Gasteiger partial charge in [0.1, 0.15) is 0 Å². The van der Waals surface area contributed by atoms with Gasteiger partial charge in [0, 0.05) is 0 Å². The second-order valence-electron chi connectivity index (χ2n) is 5.44. The van der Waals surface area contributed by atoms with E-state index in [0.717, 1.165) is 18.8 Å². The summed E-state index contributed by atoms with van der Waals surface area (Å²) in [5.41, 5.74) is 0.731. The average molecular weight is 224 g/mol. The van der Waals surface area contributed by atoms with Crippen molar-refractivity contribution in [3.8, 4) is 0 Å². The van der Waals surface area contributed by atoms with Crippen LogP contribution in [-0.2, 0) is 0 Å². The van der Waals surface area contributed by atoms with E-state index < -0.39 is 5.60 Å². The quantitative estimate of drug-likeness (QED) is 0.603. The van der Waals surface area contributed by atoms with Crippen LogP contribution >= 0.6 is 0 Å². The zero-order valence-corrected chi connectivity index (χ0v) is 11.4. The van der Waals surface area contributed by atoms with E-state index in [9.17, 15) is 5.11 Å². The van der Waals surface area contributed by atoms with E-state index in [1.165, 1.54) is 24.8 Å². The third kappa shape index (κ3) is 8.72. The number of aliphatic hydroxyl groups is 1. The van der Waals surface area contributed by atoms with Gasteiger partial charge in [0.2, 0.25) is 0 Å². The molecule has 0 saturated carbocycles. The standard InChI is InChI=1S/C15H28O/c1-6-15(5,16)12-8-11-14(4)10-7-9-13(2)3/h6,11,13,16H,1,7-10,12H2,2-5H3/b14-11+. The minimum absolute atomic E-state index is 0.714. The first-order chi connectivity index (χ1) is 7.37. The third-order valence-corrected chi connectivity index (χ3v) is 2.94. The maximum atomic E-state index is 9.74. The molecule has 1 nitrogen and oxygen atoms in total. The first-order valence-electron chi connectivity index (χ1n) is 6.39. The van der Waals surface area contributed by atoms with E-state index in [4.69, 9.17) is 0 Å². The molecule has 16 heavy (non-hydrogen) atoms. The van der Waals surface area contributed by atoms with Crippen LogP contribution in [0.15, 0.2) is 24.3 Å². The smallest absolute Gasteiger partial charge is 0.0800 e. The van der Waals surface area contributed by atoms with Crippen molar-refractivity contribution in [1.82, 2.24) is 0 Å². The third-order valence-electron chi connectivity index (χ3n) is 2.94. The molecule has 0 fully saturated rings. The van der Waals surface area contributed by atoms with Gasteiger partial charge in [0.15, 0.2) is 0 Å². The van der Waals surface area contributed by atoms with Crippen LogP contribution in [0.1, 0.15) is 59.8 Å². The normalized spacial score (nSPS) is 16.2. The van der Waals surface area contributed by atoms with Crippen molar-refractivity contribution in [2.45, 2.75) is 65.4 Å². The fourth-order valence-corrected chi connectivity index (χ4v) is 1.60. The Bertz CT molecular complexity index is 224. The molecule has 0 heterocycles. The lowest BCUT2D eigenvalue weighted by Gasteiger charge is -2.16. The maximum Gasteiger partial charge on any atom is 0.0800 e. The van der Waals surface area contributed by atoms with Gasteiger partial charge < -0.3 is 5.11 Å². The summed E-state index contributed by atoms with van der Waals surface area (Å²) in [6, 6.07) is 0. The Hall–Kier alpha value is -0.560. The first kappa shape index (κ1) is 15.4. The van der Waals surface area contributed by atoms with Crippen molar-refractivity contribution in [2.75, 3.05) is 0 Å². The molecule has 0 saturated heterocycles. The molecule has 0 rings (SSSR count). The molecule has 1 N–H and O–H groups in total. The molecule has 0 aliphatic heterocycles. The number of allylic oxidation sites excluding steroid dienone is 2. The van der Waals surface area contributed by atoms with Crippen LogP contribution in [0.4, 0.5) is 0 Å².